The third kappa shape index (κ3) is 1.80. The molecule has 0 saturated heterocycles. The van der Waals surface area contributed by atoms with E-state index >= 15 is 0 Å². The van der Waals surface area contributed by atoms with Crippen LogP contribution in [0.3, 0.4) is 0 Å². The molecule has 1 aliphatic heterocycles. The van der Waals surface area contributed by atoms with Crippen molar-refractivity contribution >= 4 is 0 Å². The van der Waals surface area contributed by atoms with Crippen molar-refractivity contribution in [2.45, 2.75) is 6.04 Å². The lowest BCUT2D eigenvalue weighted by molar-refractivity contribution is 0.171. The number of nitrogens with two attached hydrogens (primary N) is 1. The predicted molar refractivity (Wildman–Crippen MR) is 64.5 cm³/mol. The van der Waals surface area contributed by atoms with Gasteiger partial charge in [-0.3, -0.25) is 4.68 Å². The first-order chi connectivity index (χ1) is 8.75. The van der Waals surface area contributed by atoms with E-state index in [0.717, 1.165) is 22.8 Å². The van der Waals surface area contributed by atoms with Gasteiger partial charge in [-0.15, -0.1) is 5.10 Å². The molecule has 1 aromatic heterocycles. The van der Waals surface area contributed by atoms with Gasteiger partial charge in [-0.2, -0.15) is 0 Å². The molecule has 0 amide bonds. The van der Waals surface area contributed by atoms with Crippen molar-refractivity contribution in [3.8, 4) is 11.5 Å². The second kappa shape index (κ2) is 4.30. The van der Waals surface area contributed by atoms with Crippen LogP contribution in [0.5, 0.6) is 11.5 Å². The van der Waals surface area contributed by atoms with Gasteiger partial charge in [0.1, 0.15) is 13.2 Å². The van der Waals surface area contributed by atoms with Crippen molar-refractivity contribution in [1.29, 1.82) is 0 Å². The third-order valence-electron chi connectivity index (χ3n) is 2.99. The lowest BCUT2D eigenvalue weighted by atomic mass is 10.0. The molecule has 0 aliphatic carbocycles. The first kappa shape index (κ1) is 11.0. The van der Waals surface area contributed by atoms with Crippen molar-refractivity contribution in [3.05, 3.63) is 35.7 Å². The topological polar surface area (TPSA) is 75.2 Å². The van der Waals surface area contributed by atoms with E-state index < -0.39 is 0 Å². The maximum Gasteiger partial charge on any atom is 0.161 e. The SMILES string of the molecule is Cn1nncc1C(N)c1ccc2c(c1)OCCO2. The molecule has 0 radical (unpaired) electrons. The molecule has 6 heteroatoms. The highest BCUT2D eigenvalue weighted by atomic mass is 16.6. The summed E-state index contributed by atoms with van der Waals surface area (Å²) in [7, 11) is 1.82. The first-order valence-electron chi connectivity index (χ1n) is 5.75. The van der Waals surface area contributed by atoms with Crippen molar-refractivity contribution in [2.24, 2.45) is 12.8 Å². The summed E-state index contributed by atoms with van der Waals surface area (Å²) in [6.07, 6.45) is 1.67. The molecule has 18 heavy (non-hydrogen) atoms. The molecular formula is C12H14N4O2. The number of nitrogens with zero attached hydrogens (tertiary/aromatic N) is 3. The molecule has 1 aromatic carbocycles. The van der Waals surface area contributed by atoms with Gasteiger partial charge in [0.2, 0.25) is 0 Å². The van der Waals surface area contributed by atoms with Gasteiger partial charge in [0.25, 0.3) is 0 Å². The van der Waals surface area contributed by atoms with Gasteiger partial charge in [0.05, 0.1) is 17.9 Å². The summed E-state index contributed by atoms with van der Waals surface area (Å²) in [5, 5.41) is 7.71. The Morgan fingerprint density at radius 2 is 2.06 bits per heavy atom. The van der Waals surface area contributed by atoms with Gasteiger partial charge in [-0.05, 0) is 17.7 Å². The Kier molecular flexibility index (Phi) is 2.64. The second-order valence-corrected chi connectivity index (χ2v) is 4.16. The van der Waals surface area contributed by atoms with Crippen molar-refractivity contribution in [2.75, 3.05) is 13.2 Å². The molecule has 2 heterocycles. The summed E-state index contributed by atoms with van der Waals surface area (Å²) in [5.74, 6) is 1.50. The molecule has 0 bridgehead atoms. The largest absolute Gasteiger partial charge is 0.486 e. The second-order valence-electron chi connectivity index (χ2n) is 4.16. The fraction of sp³-hybridized carbons (Fsp3) is 0.333. The quantitative estimate of drug-likeness (QED) is 0.841. The van der Waals surface area contributed by atoms with Crippen LogP contribution in [0.2, 0.25) is 0 Å². The summed E-state index contributed by atoms with van der Waals surface area (Å²) in [6, 6.07) is 5.45. The average molecular weight is 246 g/mol. The van der Waals surface area contributed by atoms with Crippen LogP contribution in [-0.2, 0) is 7.05 Å². The molecule has 0 spiro atoms. The van der Waals surface area contributed by atoms with Crippen LogP contribution in [0.25, 0.3) is 0 Å². The number of hydrogen-bond donors (Lipinski definition) is 1. The maximum atomic E-state index is 6.20. The summed E-state index contributed by atoms with van der Waals surface area (Å²) in [6.45, 7) is 1.16. The van der Waals surface area contributed by atoms with Gasteiger partial charge < -0.3 is 15.2 Å². The predicted octanol–water partition coefficient (Wildman–Crippen LogP) is 0.634. The standard InChI is InChI=1S/C12H14N4O2/c1-16-9(7-14-15-16)12(13)8-2-3-10-11(6-8)18-5-4-17-10/h2-3,6-7,12H,4-5,13H2,1H3. The van der Waals surface area contributed by atoms with Crippen LogP contribution in [0.15, 0.2) is 24.4 Å². The number of aromatic nitrogens is 3. The van der Waals surface area contributed by atoms with Gasteiger partial charge in [-0.25, -0.2) is 0 Å². The van der Waals surface area contributed by atoms with E-state index in [1.54, 1.807) is 10.9 Å². The van der Waals surface area contributed by atoms with E-state index in [4.69, 9.17) is 15.2 Å². The van der Waals surface area contributed by atoms with Crippen LogP contribution < -0.4 is 15.2 Å². The Hall–Kier alpha value is -2.08. The molecule has 1 atom stereocenters. The number of fused-ring (bicyclic) bond motifs is 1. The Morgan fingerprint density at radius 3 is 2.78 bits per heavy atom. The molecule has 94 valence electrons. The molecule has 0 saturated carbocycles. The van der Waals surface area contributed by atoms with Crippen molar-refractivity contribution < 1.29 is 9.47 Å². The number of benzene rings is 1. The highest BCUT2D eigenvalue weighted by molar-refractivity contribution is 5.45. The molecule has 1 aliphatic rings. The molecule has 6 nitrogen and oxygen atoms in total. The van der Waals surface area contributed by atoms with Crippen LogP contribution >= 0.6 is 0 Å². The zero-order chi connectivity index (χ0) is 12.5. The molecule has 0 fully saturated rings. The highest BCUT2D eigenvalue weighted by Crippen LogP contribution is 2.33. The smallest absolute Gasteiger partial charge is 0.161 e. The number of aryl methyl sites for hydroxylation is 1. The maximum absolute atomic E-state index is 6.20. The third-order valence-corrected chi connectivity index (χ3v) is 2.99. The fourth-order valence-corrected chi connectivity index (χ4v) is 2.00. The van der Waals surface area contributed by atoms with Crippen LogP contribution in [-0.4, -0.2) is 28.2 Å². The lowest BCUT2D eigenvalue weighted by Crippen LogP contribution is -2.18. The Bertz CT molecular complexity index is 567. The minimum absolute atomic E-state index is 0.277. The average Bonchev–Trinajstić information content (AvgIpc) is 2.83. The first-order valence-corrected chi connectivity index (χ1v) is 5.75. The van der Waals surface area contributed by atoms with E-state index in [-0.39, 0.29) is 6.04 Å². The van der Waals surface area contributed by atoms with Gasteiger partial charge >= 0.3 is 0 Å². The minimum atomic E-state index is -0.277. The molecule has 1 unspecified atom stereocenters. The molecule has 2 N–H and O–H groups in total. The van der Waals surface area contributed by atoms with E-state index in [1.165, 1.54) is 0 Å². The Balaban J connectivity index is 1.95. The zero-order valence-corrected chi connectivity index (χ0v) is 10.0. The highest BCUT2D eigenvalue weighted by Gasteiger charge is 2.17. The lowest BCUT2D eigenvalue weighted by Gasteiger charge is -2.20. The zero-order valence-electron chi connectivity index (χ0n) is 10.0. The molecular weight excluding hydrogens is 232 g/mol. The van der Waals surface area contributed by atoms with Crippen LogP contribution in [0.1, 0.15) is 17.3 Å². The Labute approximate surface area is 104 Å². The summed E-state index contributed by atoms with van der Waals surface area (Å²) < 4.78 is 12.7. The van der Waals surface area contributed by atoms with Gasteiger partial charge in [-0.1, -0.05) is 11.3 Å². The molecule has 3 rings (SSSR count). The monoisotopic (exact) mass is 246 g/mol. The van der Waals surface area contributed by atoms with E-state index in [1.807, 2.05) is 25.2 Å². The minimum Gasteiger partial charge on any atom is -0.486 e. The van der Waals surface area contributed by atoms with Crippen molar-refractivity contribution in [1.82, 2.24) is 15.0 Å². The molecule has 2 aromatic rings. The van der Waals surface area contributed by atoms with E-state index in [9.17, 15) is 0 Å². The summed E-state index contributed by atoms with van der Waals surface area (Å²) in [4.78, 5) is 0. The van der Waals surface area contributed by atoms with Crippen LogP contribution in [0.4, 0.5) is 0 Å². The Morgan fingerprint density at radius 1 is 1.28 bits per heavy atom. The van der Waals surface area contributed by atoms with E-state index in [2.05, 4.69) is 10.3 Å². The normalized spacial score (nSPS) is 15.4. The fourth-order valence-electron chi connectivity index (χ4n) is 2.00. The summed E-state index contributed by atoms with van der Waals surface area (Å²) >= 11 is 0. The number of rotatable bonds is 2. The van der Waals surface area contributed by atoms with Crippen LogP contribution in [0, 0.1) is 0 Å². The van der Waals surface area contributed by atoms with Crippen molar-refractivity contribution in [3.63, 3.8) is 0 Å². The van der Waals surface area contributed by atoms with Gasteiger partial charge in [0.15, 0.2) is 11.5 Å². The van der Waals surface area contributed by atoms with Gasteiger partial charge in [0, 0.05) is 7.05 Å². The van der Waals surface area contributed by atoms with E-state index in [0.29, 0.717) is 13.2 Å². The summed E-state index contributed by atoms with van der Waals surface area (Å²) in [5.41, 5.74) is 8.00. The number of ether oxygens (including phenoxy) is 2. The number of hydrogen-bond acceptors (Lipinski definition) is 5.